The molecule has 1 aromatic heterocycles. The lowest BCUT2D eigenvalue weighted by Gasteiger charge is -2.23. The lowest BCUT2D eigenvalue weighted by atomic mass is 10.1. The molecule has 2 aromatic rings. The van der Waals surface area contributed by atoms with Crippen molar-refractivity contribution in [2.75, 3.05) is 14.1 Å². The maximum atomic E-state index is 12.2. The van der Waals surface area contributed by atoms with E-state index in [1.807, 2.05) is 44.0 Å². The molecule has 0 radical (unpaired) electrons. The summed E-state index contributed by atoms with van der Waals surface area (Å²) in [5, 5.41) is 3.32. The first-order valence-electron chi connectivity index (χ1n) is 6.96. The number of nitrogens with one attached hydrogen (secondary N) is 2. The summed E-state index contributed by atoms with van der Waals surface area (Å²) in [5.41, 5.74) is 2.69. The quantitative estimate of drug-likeness (QED) is 0.893. The smallest absolute Gasteiger partial charge is 0.236 e. The van der Waals surface area contributed by atoms with Gasteiger partial charge in [-0.2, -0.15) is 0 Å². The number of benzene rings is 1. The number of amides is 1. The highest BCUT2D eigenvalue weighted by Crippen LogP contribution is 2.12. The van der Waals surface area contributed by atoms with Gasteiger partial charge in [0.1, 0.15) is 0 Å². The summed E-state index contributed by atoms with van der Waals surface area (Å²) >= 11 is 0. The van der Waals surface area contributed by atoms with Crippen LogP contribution in [0.15, 0.2) is 29.1 Å². The van der Waals surface area contributed by atoms with E-state index in [2.05, 4.69) is 10.3 Å². The van der Waals surface area contributed by atoms with Gasteiger partial charge in [0.25, 0.3) is 0 Å². The zero-order valence-corrected chi connectivity index (χ0v) is 12.9. The van der Waals surface area contributed by atoms with E-state index in [1.54, 1.807) is 13.1 Å². The Labute approximate surface area is 124 Å². The Kier molecular flexibility index (Phi) is 4.43. The van der Waals surface area contributed by atoms with Crippen molar-refractivity contribution in [2.24, 2.45) is 0 Å². The van der Waals surface area contributed by atoms with Gasteiger partial charge in [-0.25, -0.2) is 0 Å². The minimum absolute atomic E-state index is 0.00319. The lowest BCUT2D eigenvalue weighted by molar-refractivity contribution is -0.125. The van der Waals surface area contributed by atoms with Gasteiger partial charge in [-0.15, -0.1) is 0 Å². The molecule has 1 amide bonds. The van der Waals surface area contributed by atoms with Gasteiger partial charge in [0.15, 0.2) is 5.43 Å². The van der Waals surface area contributed by atoms with Crippen LogP contribution >= 0.6 is 0 Å². The van der Waals surface area contributed by atoms with Gasteiger partial charge in [0.2, 0.25) is 5.91 Å². The van der Waals surface area contributed by atoms with Crippen LogP contribution in [-0.4, -0.2) is 35.9 Å². The maximum Gasteiger partial charge on any atom is 0.236 e. The molecule has 5 nitrogen and oxygen atoms in total. The number of aromatic amines is 1. The first kappa shape index (κ1) is 15.3. The number of likely N-dealkylation sites (N-methyl/N-ethyl adjacent to an activating group) is 2. The second-order valence-electron chi connectivity index (χ2n) is 5.41. The molecule has 0 aliphatic heterocycles. The number of pyridine rings is 1. The first-order valence-corrected chi connectivity index (χ1v) is 6.96. The summed E-state index contributed by atoms with van der Waals surface area (Å²) in [6, 6.07) is 7.12. The number of hydrogen-bond acceptors (Lipinski definition) is 3. The SMILES string of the molecule is CNC(=O)[C@@H](C)N(C)Cc1cc(=O)c2cc(C)ccc2[nH]1. The summed E-state index contributed by atoms with van der Waals surface area (Å²) in [5.74, 6) is -0.0451. The molecule has 0 fully saturated rings. The third kappa shape index (κ3) is 3.31. The summed E-state index contributed by atoms with van der Waals surface area (Å²) in [7, 11) is 3.48. The third-order valence-electron chi connectivity index (χ3n) is 3.75. The number of H-pyrrole nitrogens is 1. The molecular formula is C16H21N3O2. The molecular weight excluding hydrogens is 266 g/mol. The van der Waals surface area contributed by atoms with Gasteiger partial charge >= 0.3 is 0 Å². The zero-order chi connectivity index (χ0) is 15.6. The molecule has 2 rings (SSSR count). The van der Waals surface area contributed by atoms with E-state index >= 15 is 0 Å². The number of carbonyl (C=O) groups excluding carboxylic acids is 1. The molecule has 0 saturated carbocycles. The molecule has 0 unspecified atom stereocenters. The molecule has 5 heteroatoms. The van der Waals surface area contributed by atoms with Gasteiger partial charge < -0.3 is 10.3 Å². The average Bonchev–Trinajstić information content (AvgIpc) is 2.46. The van der Waals surface area contributed by atoms with E-state index in [9.17, 15) is 9.59 Å². The highest BCUT2D eigenvalue weighted by atomic mass is 16.2. The van der Waals surface area contributed by atoms with Crippen molar-refractivity contribution in [2.45, 2.75) is 26.4 Å². The Morgan fingerprint density at radius 2 is 2.10 bits per heavy atom. The fourth-order valence-corrected chi connectivity index (χ4v) is 2.32. The molecule has 0 bridgehead atoms. The summed E-state index contributed by atoms with van der Waals surface area (Å²) < 4.78 is 0. The van der Waals surface area contributed by atoms with Crippen LogP contribution in [0.3, 0.4) is 0 Å². The Morgan fingerprint density at radius 3 is 2.76 bits per heavy atom. The number of fused-ring (bicyclic) bond motifs is 1. The Morgan fingerprint density at radius 1 is 1.38 bits per heavy atom. The van der Waals surface area contributed by atoms with E-state index in [0.29, 0.717) is 11.9 Å². The van der Waals surface area contributed by atoms with E-state index in [-0.39, 0.29) is 17.4 Å². The highest BCUT2D eigenvalue weighted by molar-refractivity contribution is 5.81. The Balaban J connectivity index is 2.29. The van der Waals surface area contributed by atoms with Crippen molar-refractivity contribution in [3.8, 4) is 0 Å². The van der Waals surface area contributed by atoms with Crippen molar-refractivity contribution < 1.29 is 4.79 Å². The molecule has 0 spiro atoms. The van der Waals surface area contributed by atoms with Crippen LogP contribution in [0, 0.1) is 6.92 Å². The van der Waals surface area contributed by atoms with Crippen molar-refractivity contribution in [3.05, 3.63) is 45.7 Å². The Hall–Kier alpha value is -2.14. The second-order valence-corrected chi connectivity index (χ2v) is 5.41. The number of nitrogens with zero attached hydrogens (tertiary/aromatic N) is 1. The summed E-state index contributed by atoms with van der Waals surface area (Å²) in [6.45, 7) is 4.31. The fourth-order valence-electron chi connectivity index (χ4n) is 2.32. The second kappa shape index (κ2) is 6.10. The van der Waals surface area contributed by atoms with Crippen LogP contribution in [0.4, 0.5) is 0 Å². The topological polar surface area (TPSA) is 65.2 Å². The molecule has 112 valence electrons. The van der Waals surface area contributed by atoms with Crippen molar-refractivity contribution in [1.29, 1.82) is 0 Å². The predicted octanol–water partition coefficient (Wildman–Crippen LogP) is 1.40. The van der Waals surface area contributed by atoms with E-state index in [1.165, 1.54) is 0 Å². The van der Waals surface area contributed by atoms with Gasteiger partial charge in [-0.3, -0.25) is 14.5 Å². The van der Waals surface area contributed by atoms with Gasteiger partial charge in [-0.1, -0.05) is 11.6 Å². The first-order chi connectivity index (χ1) is 9.92. The molecule has 1 atom stereocenters. The van der Waals surface area contributed by atoms with E-state index in [0.717, 1.165) is 16.8 Å². The van der Waals surface area contributed by atoms with Gasteiger partial charge in [-0.05, 0) is 33.0 Å². The summed E-state index contributed by atoms with van der Waals surface area (Å²) in [6.07, 6.45) is 0. The standard InChI is InChI=1S/C16H21N3O2/c1-10-5-6-14-13(7-10)15(20)8-12(18-14)9-19(4)11(2)16(21)17-3/h5-8,11H,9H2,1-4H3,(H,17,21)(H,18,20)/t11-/m1/s1. The average molecular weight is 287 g/mol. The fraction of sp³-hybridized carbons (Fsp3) is 0.375. The predicted molar refractivity (Wildman–Crippen MR) is 84.3 cm³/mol. The number of hydrogen-bond donors (Lipinski definition) is 2. The number of aryl methyl sites for hydroxylation is 1. The van der Waals surface area contributed by atoms with Crippen LogP contribution in [0.1, 0.15) is 18.2 Å². The van der Waals surface area contributed by atoms with Crippen molar-refractivity contribution in [1.82, 2.24) is 15.2 Å². The zero-order valence-electron chi connectivity index (χ0n) is 12.9. The normalized spacial score (nSPS) is 12.6. The molecule has 0 aliphatic rings. The molecule has 2 N–H and O–H groups in total. The number of rotatable bonds is 4. The molecule has 21 heavy (non-hydrogen) atoms. The lowest BCUT2D eigenvalue weighted by Crippen LogP contribution is -2.41. The van der Waals surface area contributed by atoms with Crippen LogP contribution < -0.4 is 10.7 Å². The largest absolute Gasteiger partial charge is 0.358 e. The van der Waals surface area contributed by atoms with Crippen molar-refractivity contribution >= 4 is 16.8 Å². The monoisotopic (exact) mass is 287 g/mol. The minimum atomic E-state index is -0.257. The van der Waals surface area contributed by atoms with E-state index < -0.39 is 0 Å². The maximum absolute atomic E-state index is 12.2. The summed E-state index contributed by atoms with van der Waals surface area (Å²) in [4.78, 5) is 29.0. The van der Waals surface area contributed by atoms with Gasteiger partial charge in [0, 0.05) is 36.3 Å². The van der Waals surface area contributed by atoms with E-state index in [4.69, 9.17) is 0 Å². The van der Waals surface area contributed by atoms with Crippen LogP contribution in [-0.2, 0) is 11.3 Å². The van der Waals surface area contributed by atoms with Crippen LogP contribution in [0.2, 0.25) is 0 Å². The van der Waals surface area contributed by atoms with Crippen molar-refractivity contribution in [3.63, 3.8) is 0 Å². The van der Waals surface area contributed by atoms with Crippen LogP contribution in [0.25, 0.3) is 10.9 Å². The molecule has 1 heterocycles. The minimum Gasteiger partial charge on any atom is -0.358 e. The molecule has 0 saturated heterocycles. The Bertz CT molecular complexity index is 721. The third-order valence-corrected chi connectivity index (χ3v) is 3.75. The molecule has 0 aliphatic carbocycles. The highest BCUT2D eigenvalue weighted by Gasteiger charge is 2.17. The number of carbonyl (C=O) groups is 1. The van der Waals surface area contributed by atoms with Gasteiger partial charge in [0.05, 0.1) is 6.04 Å². The molecule has 1 aromatic carbocycles. The van der Waals surface area contributed by atoms with Crippen LogP contribution in [0.5, 0.6) is 0 Å². The number of aromatic nitrogens is 1.